The van der Waals surface area contributed by atoms with E-state index in [0.717, 1.165) is 67.4 Å². The molecule has 2 aliphatic heterocycles. The minimum atomic E-state index is -0.732. The number of aromatic nitrogens is 6. The Hall–Kier alpha value is -3.70. The van der Waals surface area contributed by atoms with Crippen molar-refractivity contribution in [2.24, 2.45) is 0 Å². The summed E-state index contributed by atoms with van der Waals surface area (Å²) < 4.78 is 26.0. The van der Waals surface area contributed by atoms with E-state index in [1.165, 1.54) is 0 Å². The number of hydrogen-bond donors (Lipinski definition) is 3. The van der Waals surface area contributed by atoms with Crippen molar-refractivity contribution in [2.45, 2.75) is 25.2 Å². The van der Waals surface area contributed by atoms with Crippen LogP contribution in [0.1, 0.15) is 12.8 Å². The van der Waals surface area contributed by atoms with Crippen molar-refractivity contribution in [3.05, 3.63) is 65.8 Å². The second-order valence-corrected chi connectivity index (χ2v) is 10.4. The molecule has 0 radical (unpaired) electrons. The second-order valence-electron chi connectivity index (χ2n) is 9.61. The van der Waals surface area contributed by atoms with Crippen LogP contribution in [0.15, 0.2) is 65.8 Å². The molecule has 6 aromatic heterocycles. The lowest BCUT2D eigenvalue weighted by Gasteiger charge is -2.15. The summed E-state index contributed by atoms with van der Waals surface area (Å²) in [6, 6.07) is 11.8. The summed E-state index contributed by atoms with van der Waals surface area (Å²) in [6.45, 7) is 2.61. The lowest BCUT2D eigenvalue weighted by atomic mass is 10.2. The van der Waals surface area contributed by atoms with Crippen LogP contribution in [0.25, 0.3) is 43.9 Å². The molecule has 11 heteroatoms. The molecule has 39 heavy (non-hydrogen) atoms. The zero-order valence-electron chi connectivity index (χ0n) is 21.0. The predicted molar refractivity (Wildman–Crippen MR) is 155 cm³/mol. The van der Waals surface area contributed by atoms with Crippen molar-refractivity contribution >= 4 is 65.6 Å². The first-order valence-electron chi connectivity index (χ1n) is 12.9. The van der Waals surface area contributed by atoms with Crippen LogP contribution in [0.4, 0.5) is 14.6 Å². The predicted octanol–water partition coefficient (Wildman–Crippen LogP) is 5.85. The van der Waals surface area contributed by atoms with Gasteiger partial charge in [-0.3, -0.25) is 9.97 Å². The van der Waals surface area contributed by atoms with Gasteiger partial charge in [0.25, 0.3) is 0 Å². The minimum Gasteiger partial charge on any atom is -0.354 e. The molecule has 2 fully saturated rings. The third-order valence-corrected chi connectivity index (χ3v) is 7.37. The zero-order valence-corrected chi connectivity index (χ0v) is 22.6. The maximum absolute atomic E-state index is 13.3. The van der Waals surface area contributed by atoms with Gasteiger partial charge in [-0.1, -0.05) is 0 Å². The van der Waals surface area contributed by atoms with Gasteiger partial charge in [0.1, 0.15) is 34.1 Å². The highest BCUT2D eigenvalue weighted by Crippen LogP contribution is 2.27. The van der Waals surface area contributed by atoms with Gasteiger partial charge in [-0.25, -0.2) is 18.7 Å². The largest absolute Gasteiger partial charge is 0.354 e. The summed E-state index contributed by atoms with van der Waals surface area (Å²) in [5.74, 6) is 0.840. The van der Waals surface area contributed by atoms with Crippen molar-refractivity contribution in [1.29, 1.82) is 0 Å². The number of rotatable bonds is 1. The number of anilines is 1. The van der Waals surface area contributed by atoms with Crippen molar-refractivity contribution < 1.29 is 8.78 Å². The number of nitrogens with zero attached hydrogens (tertiary/aromatic N) is 5. The average Bonchev–Trinajstić information content (AvgIpc) is 3.74. The molecular formula is C28H27BrF2N8. The number of hydrogen-bond acceptors (Lipinski definition) is 6. The van der Waals surface area contributed by atoms with Crippen molar-refractivity contribution in [1.82, 2.24) is 35.2 Å². The number of fused-ring (bicyclic) bond motifs is 6. The highest BCUT2D eigenvalue weighted by molar-refractivity contribution is 9.10. The zero-order chi connectivity index (χ0) is 26.8. The summed E-state index contributed by atoms with van der Waals surface area (Å²) in [6.07, 6.45) is 7.22. The van der Waals surface area contributed by atoms with Crippen LogP contribution in [0.5, 0.6) is 0 Å². The molecule has 2 aliphatic rings. The Morgan fingerprint density at radius 3 is 2.00 bits per heavy atom. The van der Waals surface area contributed by atoms with Crippen LogP contribution in [0, 0.1) is 0 Å². The summed E-state index contributed by atoms with van der Waals surface area (Å²) in [4.78, 5) is 25.7. The summed E-state index contributed by atoms with van der Waals surface area (Å²) in [5.41, 5.74) is 3.82. The van der Waals surface area contributed by atoms with Crippen molar-refractivity contribution in [3.63, 3.8) is 0 Å². The molecule has 2 saturated heterocycles. The highest BCUT2D eigenvalue weighted by atomic mass is 79.9. The smallest absolute Gasteiger partial charge is 0.140 e. The van der Waals surface area contributed by atoms with Gasteiger partial charge in [0.05, 0.1) is 17.6 Å². The standard InChI is InChI=1S/C14H13FN4.C10H6BrN3.C4H8FN/c15-9-4-6-19(8-9)13-2-1-10-11-7-16-5-3-12(11)17-14(10)18-13;11-9-2-1-6-7-5-12-4-3-8(7)13-10(6)14-9;5-4-1-2-6-3-4/h1-3,5,7,9H,4,6,8H2,(H,17,18);1-5H,(H,13,14);4,6H,1-3H2/t9-;;4-/m0.0/s1. The van der Waals surface area contributed by atoms with E-state index in [-0.39, 0.29) is 0 Å². The van der Waals surface area contributed by atoms with Gasteiger partial charge in [0.2, 0.25) is 0 Å². The lowest BCUT2D eigenvalue weighted by Crippen LogP contribution is -2.20. The van der Waals surface area contributed by atoms with Gasteiger partial charge < -0.3 is 20.2 Å². The Labute approximate surface area is 231 Å². The molecule has 8 rings (SSSR count). The summed E-state index contributed by atoms with van der Waals surface area (Å²) >= 11 is 3.34. The molecule has 0 aliphatic carbocycles. The number of pyridine rings is 4. The van der Waals surface area contributed by atoms with Gasteiger partial charge in [-0.05, 0) is 71.7 Å². The molecule has 8 heterocycles. The Morgan fingerprint density at radius 1 is 0.769 bits per heavy atom. The average molecular weight is 593 g/mol. The third-order valence-electron chi connectivity index (χ3n) is 6.93. The molecule has 0 bridgehead atoms. The first-order chi connectivity index (χ1) is 19.0. The maximum atomic E-state index is 13.3. The Bertz CT molecular complexity index is 1730. The third kappa shape index (κ3) is 5.55. The normalized spacial score (nSPS) is 18.9. The molecule has 0 spiro atoms. The minimum absolute atomic E-state index is 0.445. The van der Waals surface area contributed by atoms with E-state index in [0.29, 0.717) is 25.9 Å². The topological polar surface area (TPSA) is 98.4 Å². The molecule has 8 nitrogen and oxygen atoms in total. The van der Waals surface area contributed by atoms with E-state index in [1.807, 2.05) is 53.7 Å². The molecule has 200 valence electrons. The van der Waals surface area contributed by atoms with Crippen LogP contribution in [0.2, 0.25) is 0 Å². The highest BCUT2D eigenvalue weighted by Gasteiger charge is 2.23. The van der Waals surface area contributed by atoms with Crippen LogP contribution < -0.4 is 10.2 Å². The number of halogens is 3. The van der Waals surface area contributed by atoms with Gasteiger partial charge in [0, 0.05) is 59.4 Å². The van der Waals surface area contributed by atoms with E-state index in [1.54, 1.807) is 12.4 Å². The van der Waals surface area contributed by atoms with E-state index >= 15 is 0 Å². The van der Waals surface area contributed by atoms with E-state index in [2.05, 4.69) is 51.2 Å². The Kier molecular flexibility index (Phi) is 7.34. The Balaban J connectivity index is 0.000000121. The molecule has 0 aromatic carbocycles. The Morgan fingerprint density at radius 2 is 1.44 bits per heavy atom. The molecule has 6 aromatic rings. The van der Waals surface area contributed by atoms with Gasteiger partial charge in [0.15, 0.2) is 0 Å². The lowest BCUT2D eigenvalue weighted by molar-refractivity contribution is 0.361. The van der Waals surface area contributed by atoms with E-state index in [4.69, 9.17) is 0 Å². The van der Waals surface area contributed by atoms with Gasteiger partial charge in [-0.15, -0.1) is 0 Å². The van der Waals surface area contributed by atoms with Crippen LogP contribution in [0.3, 0.4) is 0 Å². The van der Waals surface area contributed by atoms with Crippen LogP contribution >= 0.6 is 15.9 Å². The quantitative estimate of drug-likeness (QED) is 0.207. The monoisotopic (exact) mass is 592 g/mol. The summed E-state index contributed by atoms with van der Waals surface area (Å²) in [7, 11) is 0. The van der Waals surface area contributed by atoms with Crippen LogP contribution in [-0.2, 0) is 0 Å². The van der Waals surface area contributed by atoms with E-state index < -0.39 is 12.3 Å². The summed E-state index contributed by atoms with van der Waals surface area (Å²) in [5, 5.41) is 7.25. The fraction of sp³-hybridized carbons (Fsp3) is 0.286. The second kappa shape index (κ2) is 11.2. The first-order valence-corrected chi connectivity index (χ1v) is 13.7. The van der Waals surface area contributed by atoms with Crippen molar-refractivity contribution in [3.8, 4) is 0 Å². The molecule has 0 saturated carbocycles. The van der Waals surface area contributed by atoms with E-state index in [9.17, 15) is 8.78 Å². The molecular weight excluding hydrogens is 566 g/mol. The molecule has 2 atom stereocenters. The molecule has 0 amide bonds. The number of H-pyrrole nitrogens is 2. The van der Waals surface area contributed by atoms with Gasteiger partial charge in [-0.2, -0.15) is 0 Å². The number of nitrogens with one attached hydrogen (secondary N) is 3. The first kappa shape index (κ1) is 25.6. The molecule has 0 unspecified atom stereocenters. The van der Waals surface area contributed by atoms with Gasteiger partial charge >= 0.3 is 0 Å². The fourth-order valence-corrected chi connectivity index (χ4v) is 5.23. The number of alkyl halides is 2. The SMILES string of the molecule is Brc1ccc2c(n1)[nH]c1ccncc12.F[C@H]1CCN(c2ccc3c(n2)[nH]c2ccncc23)C1.F[C@H]1CCNC1. The van der Waals surface area contributed by atoms with Crippen LogP contribution in [-0.4, -0.2) is 68.4 Å². The maximum Gasteiger partial charge on any atom is 0.140 e. The number of aromatic amines is 2. The van der Waals surface area contributed by atoms with Crippen molar-refractivity contribution in [2.75, 3.05) is 31.1 Å². The molecule has 3 N–H and O–H groups in total. The fourth-order valence-electron chi connectivity index (χ4n) is 4.92.